The minimum Gasteiger partial charge on any atom is -0.374 e. The molecule has 1 aromatic heterocycles. The molecule has 1 atom stereocenters. The topological polar surface area (TPSA) is 54.0 Å². The van der Waals surface area contributed by atoms with Crippen molar-refractivity contribution in [2.75, 3.05) is 10.6 Å². The first kappa shape index (κ1) is 18.2. The summed E-state index contributed by atoms with van der Waals surface area (Å²) in [5, 5.41) is 6.29. The summed E-state index contributed by atoms with van der Waals surface area (Å²) in [4.78, 5) is 16.7. The lowest BCUT2D eigenvalue weighted by Gasteiger charge is -2.18. The molecule has 0 aliphatic heterocycles. The zero-order valence-corrected chi connectivity index (χ0v) is 14.8. The van der Waals surface area contributed by atoms with E-state index in [-0.39, 0.29) is 5.69 Å². The van der Waals surface area contributed by atoms with Gasteiger partial charge in [-0.05, 0) is 44.2 Å². The second-order valence-corrected chi connectivity index (χ2v) is 7.05. The van der Waals surface area contributed by atoms with E-state index in [1.54, 1.807) is 13.0 Å². The number of alkyl halides is 3. The van der Waals surface area contributed by atoms with E-state index in [0.717, 1.165) is 21.3 Å². The molecular formula is C18H16F3N3OS. The SMILES string of the molecule is Cc1nc2ccc(NC(C)C(=O)Nc3ccccc3C(F)(F)F)cc2s1. The standard InChI is InChI=1S/C18H16F3N3OS/c1-10(22-12-7-8-15-16(9-12)26-11(2)23-15)17(25)24-14-6-4-3-5-13(14)18(19,20)21/h3-10,22H,1-2H3,(H,24,25). The molecule has 3 aromatic rings. The molecule has 1 heterocycles. The molecule has 26 heavy (non-hydrogen) atoms. The Bertz CT molecular complexity index is 952. The van der Waals surface area contributed by atoms with Gasteiger partial charge < -0.3 is 10.6 Å². The van der Waals surface area contributed by atoms with E-state index < -0.39 is 23.7 Å². The van der Waals surface area contributed by atoms with Crippen molar-refractivity contribution in [3.63, 3.8) is 0 Å². The van der Waals surface area contributed by atoms with E-state index >= 15 is 0 Å². The molecule has 0 saturated carbocycles. The Kier molecular flexibility index (Phi) is 4.86. The second kappa shape index (κ2) is 6.95. The normalized spacial score (nSPS) is 12.8. The van der Waals surface area contributed by atoms with Crippen LogP contribution in [0.5, 0.6) is 0 Å². The number of nitrogens with zero attached hydrogens (tertiary/aromatic N) is 1. The number of thiazole rings is 1. The van der Waals surface area contributed by atoms with Gasteiger partial charge in [-0.15, -0.1) is 11.3 Å². The molecule has 2 aromatic carbocycles. The predicted molar refractivity (Wildman–Crippen MR) is 97.5 cm³/mol. The largest absolute Gasteiger partial charge is 0.418 e. The van der Waals surface area contributed by atoms with Gasteiger partial charge in [0.1, 0.15) is 6.04 Å². The van der Waals surface area contributed by atoms with Gasteiger partial charge in [-0.3, -0.25) is 4.79 Å². The van der Waals surface area contributed by atoms with E-state index in [1.165, 1.54) is 29.5 Å². The monoisotopic (exact) mass is 379 g/mol. The van der Waals surface area contributed by atoms with Crippen LogP contribution in [0.15, 0.2) is 42.5 Å². The Hall–Kier alpha value is -2.61. The van der Waals surface area contributed by atoms with Crippen LogP contribution in [-0.2, 0) is 11.0 Å². The van der Waals surface area contributed by atoms with Crippen molar-refractivity contribution in [3.05, 3.63) is 53.0 Å². The summed E-state index contributed by atoms with van der Waals surface area (Å²) in [6, 6.07) is 9.68. The van der Waals surface area contributed by atoms with E-state index in [0.29, 0.717) is 5.69 Å². The van der Waals surface area contributed by atoms with Crippen LogP contribution in [0.4, 0.5) is 24.5 Å². The van der Waals surface area contributed by atoms with E-state index in [4.69, 9.17) is 0 Å². The van der Waals surface area contributed by atoms with Crippen molar-refractivity contribution in [1.82, 2.24) is 4.98 Å². The minimum atomic E-state index is -4.53. The fraction of sp³-hybridized carbons (Fsp3) is 0.222. The van der Waals surface area contributed by atoms with Gasteiger partial charge in [-0.2, -0.15) is 13.2 Å². The molecule has 0 aliphatic rings. The van der Waals surface area contributed by atoms with Crippen LogP contribution in [0.3, 0.4) is 0 Å². The first-order valence-electron chi connectivity index (χ1n) is 7.85. The van der Waals surface area contributed by atoms with Gasteiger partial charge in [0.15, 0.2) is 0 Å². The third-order valence-corrected chi connectivity index (χ3v) is 4.70. The summed E-state index contributed by atoms with van der Waals surface area (Å²) >= 11 is 1.53. The lowest BCUT2D eigenvalue weighted by Crippen LogP contribution is -2.32. The molecule has 0 radical (unpaired) electrons. The number of halogens is 3. The molecule has 4 nitrogen and oxygen atoms in total. The summed E-state index contributed by atoms with van der Waals surface area (Å²) < 4.78 is 40.1. The van der Waals surface area contributed by atoms with Crippen LogP contribution in [0.1, 0.15) is 17.5 Å². The maximum absolute atomic E-state index is 13.0. The Morgan fingerprint density at radius 1 is 1.19 bits per heavy atom. The molecule has 3 rings (SSSR count). The number of carbonyl (C=O) groups is 1. The smallest absolute Gasteiger partial charge is 0.374 e. The van der Waals surface area contributed by atoms with Crippen LogP contribution in [-0.4, -0.2) is 16.9 Å². The summed E-state index contributed by atoms with van der Waals surface area (Å²) in [5.74, 6) is -0.553. The molecule has 0 aliphatic carbocycles. The highest BCUT2D eigenvalue weighted by atomic mass is 32.1. The molecule has 0 saturated heterocycles. The van der Waals surface area contributed by atoms with Crippen LogP contribution >= 0.6 is 11.3 Å². The molecule has 8 heteroatoms. The van der Waals surface area contributed by atoms with Crippen molar-refractivity contribution < 1.29 is 18.0 Å². The van der Waals surface area contributed by atoms with Crippen molar-refractivity contribution in [2.24, 2.45) is 0 Å². The molecule has 0 spiro atoms. The third kappa shape index (κ3) is 3.96. The zero-order valence-electron chi connectivity index (χ0n) is 14.0. The first-order valence-corrected chi connectivity index (χ1v) is 8.66. The minimum absolute atomic E-state index is 0.257. The zero-order chi connectivity index (χ0) is 18.9. The lowest BCUT2D eigenvalue weighted by atomic mass is 10.1. The fourth-order valence-corrected chi connectivity index (χ4v) is 3.39. The van der Waals surface area contributed by atoms with Gasteiger partial charge in [-0.1, -0.05) is 12.1 Å². The highest BCUT2D eigenvalue weighted by Crippen LogP contribution is 2.34. The van der Waals surface area contributed by atoms with E-state index in [2.05, 4.69) is 15.6 Å². The second-order valence-electron chi connectivity index (χ2n) is 5.81. The molecule has 136 valence electrons. The molecule has 0 bridgehead atoms. The number of aryl methyl sites for hydroxylation is 1. The van der Waals surface area contributed by atoms with Gasteiger partial charge >= 0.3 is 6.18 Å². The van der Waals surface area contributed by atoms with Crippen LogP contribution in [0, 0.1) is 6.92 Å². The lowest BCUT2D eigenvalue weighted by molar-refractivity contribution is -0.137. The number of aromatic nitrogens is 1. The summed E-state index contributed by atoms with van der Waals surface area (Å²) in [7, 11) is 0. The Morgan fingerprint density at radius 3 is 2.65 bits per heavy atom. The first-order chi connectivity index (χ1) is 12.2. The van der Waals surface area contributed by atoms with Gasteiger partial charge in [0.2, 0.25) is 5.91 Å². The number of nitrogens with one attached hydrogen (secondary N) is 2. The van der Waals surface area contributed by atoms with Gasteiger partial charge in [0.05, 0.1) is 26.5 Å². The number of para-hydroxylation sites is 1. The van der Waals surface area contributed by atoms with Crippen molar-refractivity contribution in [3.8, 4) is 0 Å². The molecule has 2 N–H and O–H groups in total. The molecule has 0 fully saturated rings. The van der Waals surface area contributed by atoms with Crippen LogP contribution in [0.2, 0.25) is 0 Å². The van der Waals surface area contributed by atoms with Crippen molar-refractivity contribution >= 4 is 38.8 Å². The highest BCUT2D eigenvalue weighted by molar-refractivity contribution is 7.18. The number of anilines is 2. The summed E-state index contributed by atoms with van der Waals surface area (Å²) in [6.45, 7) is 3.50. The molecular weight excluding hydrogens is 363 g/mol. The Labute approximate surface area is 152 Å². The number of fused-ring (bicyclic) bond motifs is 1. The van der Waals surface area contributed by atoms with Crippen LogP contribution in [0.25, 0.3) is 10.2 Å². The Balaban J connectivity index is 1.73. The maximum atomic E-state index is 13.0. The Morgan fingerprint density at radius 2 is 1.92 bits per heavy atom. The maximum Gasteiger partial charge on any atom is 0.418 e. The predicted octanol–water partition coefficient (Wildman–Crippen LogP) is 5.06. The average Bonchev–Trinajstić information content (AvgIpc) is 2.93. The fourth-order valence-electron chi connectivity index (χ4n) is 2.53. The number of amides is 1. The number of hydrogen-bond donors (Lipinski definition) is 2. The quantitative estimate of drug-likeness (QED) is 0.666. The molecule has 1 amide bonds. The average molecular weight is 379 g/mol. The molecule has 1 unspecified atom stereocenters. The van der Waals surface area contributed by atoms with E-state index in [9.17, 15) is 18.0 Å². The number of benzene rings is 2. The number of rotatable bonds is 4. The summed E-state index contributed by atoms with van der Waals surface area (Å²) in [6.07, 6.45) is -4.53. The third-order valence-electron chi connectivity index (χ3n) is 3.76. The highest BCUT2D eigenvalue weighted by Gasteiger charge is 2.33. The van der Waals surface area contributed by atoms with Gasteiger partial charge in [0, 0.05) is 5.69 Å². The van der Waals surface area contributed by atoms with Crippen LogP contribution < -0.4 is 10.6 Å². The van der Waals surface area contributed by atoms with Crippen molar-refractivity contribution in [2.45, 2.75) is 26.1 Å². The van der Waals surface area contributed by atoms with E-state index in [1.807, 2.05) is 19.1 Å². The van der Waals surface area contributed by atoms with Gasteiger partial charge in [-0.25, -0.2) is 4.98 Å². The van der Waals surface area contributed by atoms with Gasteiger partial charge in [0.25, 0.3) is 0 Å². The summed E-state index contributed by atoms with van der Waals surface area (Å²) in [5.41, 5.74) is 0.441. The number of hydrogen-bond acceptors (Lipinski definition) is 4. The van der Waals surface area contributed by atoms with Crippen molar-refractivity contribution in [1.29, 1.82) is 0 Å². The number of carbonyl (C=O) groups excluding carboxylic acids is 1.